The van der Waals surface area contributed by atoms with Crippen LogP contribution in [0.2, 0.25) is 0 Å². The van der Waals surface area contributed by atoms with Gasteiger partial charge in [-0.3, -0.25) is 9.80 Å². The van der Waals surface area contributed by atoms with E-state index in [0.717, 1.165) is 4.90 Å². The van der Waals surface area contributed by atoms with E-state index in [1.165, 1.54) is 16.8 Å². The molecule has 3 rings (SSSR count). The van der Waals surface area contributed by atoms with Gasteiger partial charge in [0, 0.05) is 7.05 Å². The highest BCUT2D eigenvalue weighted by Gasteiger charge is 2.47. The summed E-state index contributed by atoms with van der Waals surface area (Å²) in [6.45, 7) is 1.65. The molecule has 0 aromatic rings. The first-order chi connectivity index (χ1) is 8.59. The molecule has 0 bridgehead atoms. The number of amides is 4. The first kappa shape index (κ1) is 11.7. The molecule has 0 radical (unpaired) electrons. The molecule has 100 valence electrons. The average molecular weight is 257 g/mol. The molecule has 3 aliphatic rings. The zero-order valence-corrected chi connectivity index (χ0v) is 9.98. The minimum Gasteiger partial charge on any atom is -0.377 e. The SMILES string of the molecule is CN1C(=O)N(CC2CO2)C(O)N(C2COC2)C1=O. The fourth-order valence-electron chi connectivity index (χ4n) is 2.09. The average Bonchev–Trinajstić information content (AvgIpc) is 3.09. The summed E-state index contributed by atoms with van der Waals surface area (Å²) in [6, 6.07) is -1.17. The molecule has 18 heavy (non-hydrogen) atoms. The number of hydrogen-bond donors (Lipinski definition) is 1. The van der Waals surface area contributed by atoms with E-state index in [0.29, 0.717) is 26.4 Å². The lowest BCUT2D eigenvalue weighted by atomic mass is 10.2. The largest absolute Gasteiger partial charge is 0.377 e. The van der Waals surface area contributed by atoms with Gasteiger partial charge in [-0.1, -0.05) is 0 Å². The van der Waals surface area contributed by atoms with E-state index in [1.54, 1.807) is 0 Å². The van der Waals surface area contributed by atoms with Crippen LogP contribution in [0.3, 0.4) is 0 Å². The summed E-state index contributed by atoms with van der Waals surface area (Å²) in [5.41, 5.74) is 0. The van der Waals surface area contributed by atoms with Crippen molar-refractivity contribution in [2.24, 2.45) is 0 Å². The van der Waals surface area contributed by atoms with Gasteiger partial charge in [0.15, 0.2) is 0 Å². The highest BCUT2D eigenvalue weighted by Crippen LogP contribution is 2.24. The van der Waals surface area contributed by atoms with Crippen LogP contribution < -0.4 is 0 Å². The molecule has 8 heteroatoms. The number of ether oxygens (including phenoxy) is 2. The first-order valence-corrected chi connectivity index (χ1v) is 5.83. The Bertz CT molecular complexity index is 382. The number of carbonyl (C=O) groups is 2. The van der Waals surface area contributed by atoms with Gasteiger partial charge >= 0.3 is 12.1 Å². The predicted molar refractivity (Wildman–Crippen MR) is 57.5 cm³/mol. The van der Waals surface area contributed by atoms with Crippen LogP contribution in [-0.2, 0) is 9.47 Å². The molecule has 3 heterocycles. The second-order valence-electron chi connectivity index (χ2n) is 4.68. The van der Waals surface area contributed by atoms with E-state index in [1.807, 2.05) is 0 Å². The molecular formula is C10H15N3O5. The maximum atomic E-state index is 12.0. The lowest BCUT2D eigenvalue weighted by molar-refractivity contribution is -0.156. The number of aliphatic hydroxyl groups excluding tert-OH is 1. The Kier molecular flexibility index (Phi) is 2.65. The topological polar surface area (TPSA) is 85.8 Å². The predicted octanol–water partition coefficient (Wildman–Crippen LogP) is -1.15. The highest BCUT2D eigenvalue weighted by atomic mass is 16.6. The third-order valence-corrected chi connectivity index (χ3v) is 3.38. The number of epoxide rings is 1. The molecule has 3 fully saturated rings. The van der Waals surface area contributed by atoms with Gasteiger partial charge in [0.05, 0.1) is 38.5 Å². The van der Waals surface area contributed by atoms with Crippen molar-refractivity contribution in [3.63, 3.8) is 0 Å². The summed E-state index contributed by atoms with van der Waals surface area (Å²) in [5.74, 6) is 0. The van der Waals surface area contributed by atoms with Crippen molar-refractivity contribution >= 4 is 12.1 Å². The van der Waals surface area contributed by atoms with Crippen molar-refractivity contribution in [1.29, 1.82) is 0 Å². The van der Waals surface area contributed by atoms with Crippen LogP contribution in [0.5, 0.6) is 0 Å². The van der Waals surface area contributed by atoms with Gasteiger partial charge in [-0.25, -0.2) is 14.5 Å². The second-order valence-corrected chi connectivity index (χ2v) is 4.68. The van der Waals surface area contributed by atoms with Crippen LogP contribution in [0.25, 0.3) is 0 Å². The Balaban J connectivity index is 1.80. The summed E-state index contributed by atoms with van der Waals surface area (Å²) in [6.07, 6.45) is -1.27. The van der Waals surface area contributed by atoms with Gasteiger partial charge in [0.25, 0.3) is 0 Å². The molecule has 2 unspecified atom stereocenters. The number of imide groups is 1. The van der Waals surface area contributed by atoms with Crippen LogP contribution >= 0.6 is 0 Å². The maximum Gasteiger partial charge on any atom is 0.331 e. The van der Waals surface area contributed by atoms with Crippen molar-refractivity contribution in [3.8, 4) is 0 Å². The lowest BCUT2D eigenvalue weighted by Crippen LogP contribution is -2.70. The number of urea groups is 2. The Labute approximate surface area is 104 Å². The third-order valence-electron chi connectivity index (χ3n) is 3.38. The van der Waals surface area contributed by atoms with Crippen molar-refractivity contribution in [2.45, 2.75) is 18.5 Å². The lowest BCUT2D eigenvalue weighted by Gasteiger charge is -2.48. The fourth-order valence-corrected chi connectivity index (χ4v) is 2.09. The molecule has 3 aliphatic heterocycles. The van der Waals surface area contributed by atoms with Gasteiger partial charge in [-0.2, -0.15) is 0 Å². The summed E-state index contributed by atoms with van der Waals surface area (Å²) >= 11 is 0. The molecule has 0 saturated carbocycles. The fraction of sp³-hybridized carbons (Fsp3) is 0.800. The van der Waals surface area contributed by atoms with Crippen LogP contribution in [0.1, 0.15) is 0 Å². The summed E-state index contributed by atoms with van der Waals surface area (Å²) < 4.78 is 10.1. The number of rotatable bonds is 3. The monoisotopic (exact) mass is 257 g/mol. The number of carbonyl (C=O) groups excluding carboxylic acids is 2. The summed E-state index contributed by atoms with van der Waals surface area (Å²) in [5, 5.41) is 10.2. The minimum atomic E-state index is -1.24. The molecule has 0 spiro atoms. The van der Waals surface area contributed by atoms with Crippen molar-refractivity contribution in [2.75, 3.05) is 33.4 Å². The zero-order valence-electron chi connectivity index (χ0n) is 9.98. The van der Waals surface area contributed by atoms with Gasteiger partial charge < -0.3 is 14.6 Å². The summed E-state index contributed by atoms with van der Waals surface area (Å²) in [4.78, 5) is 27.5. The van der Waals surface area contributed by atoms with E-state index in [4.69, 9.17) is 9.47 Å². The minimum absolute atomic E-state index is 0.0373. The van der Waals surface area contributed by atoms with Crippen LogP contribution in [0.15, 0.2) is 0 Å². The Morgan fingerprint density at radius 1 is 1.28 bits per heavy atom. The van der Waals surface area contributed by atoms with E-state index in [-0.39, 0.29) is 12.1 Å². The van der Waals surface area contributed by atoms with Crippen LogP contribution in [-0.4, -0.2) is 83.8 Å². The van der Waals surface area contributed by atoms with Crippen molar-refractivity contribution < 1.29 is 24.2 Å². The smallest absolute Gasteiger partial charge is 0.331 e. The second kappa shape index (κ2) is 4.08. The van der Waals surface area contributed by atoms with Gasteiger partial charge in [-0.05, 0) is 0 Å². The van der Waals surface area contributed by atoms with E-state index >= 15 is 0 Å². The number of nitrogens with zero attached hydrogens (tertiary/aromatic N) is 3. The quantitative estimate of drug-likeness (QED) is 0.645. The Morgan fingerprint density at radius 2 is 1.94 bits per heavy atom. The van der Waals surface area contributed by atoms with E-state index in [9.17, 15) is 14.7 Å². The molecular weight excluding hydrogens is 242 g/mol. The van der Waals surface area contributed by atoms with Crippen LogP contribution in [0, 0.1) is 0 Å². The number of hydrogen-bond acceptors (Lipinski definition) is 5. The number of aliphatic hydroxyl groups is 1. The molecule has 0 aromatic heterocycles. The molecule has 0 aliphatic carbocycles. The van der Waals surface area contributed by atoms with Crippen molar-refractivity contribution in [3.05, 3.63) is 0 Å². The van der Waals surface area contributed by atoms with Gasteiger partial charge in [0.1, 0.15) is 0 Å². The molecule has 3 saturated heterocycles. The van der Waals surface area contributed by atoms with Crippen LogP contribution in [0.4, 0.5) is 9.59 Å². The van der Waals surface area contributed by atoms with E-state index < -0.39 is 18.4 Å². The van der Waals surface area contributed by atoms with E-state index in [2.05, 4.69) is 0 Å². The maximum absolute atomic E-state index is 12.0. The highest BCUT2D eigenvalue weighted by molar-refractivity contribution is 5.95. The molecule has 8 nitrogen and oxygen atoms in total. The normalized spacial score (nSPS) is 32.9. The Hall–Kier alpha value is -1.38. The summed E-state index contributed by atoms with van der Waals surface area (Å²) in [7, 11) is 1.41. The molecule has 1 N–H and O–H groups in total. The zero-order chi connectivity index (χ0) is 12.9. The standard InChI is InChI=1S/C10H15N3O5/c1-11-8(14)12(2-7-5-18-7)10(16)13(9(11)15)6-3-17-4-6/h6-7,10,16H,2-5H2,1H3. The first-order valence-electron chi connectivity index (χ1n) is 5.83. The van der Waals surface area contributed by atoms with Crippen molar-refractivity contribution in [1.82, 2.24) is 14.7 Å². The molecule has 4 amide bonds. The molecule has 2 atom stereocenters. The van der Waals surface area contributed by atoms with Gasteiger partial charge in [-0.15, -0.1) is 0 Å². The van der Waals surface area contributed by atoms with Gasteiger partial charge in [0.2, 0.25) is 6.35 Å². The molecule has 0 aromatic carbocycles. The Morgan fingerprint density at radius 3 is 2.44 bits per heavy atom. The third kappa shape index (κ3) is 1.73.